The average Bonchev–Trinajstić information content (AvgIpc) is 2.98. The molecule has 0 radical (unpaired) electrons. The standard InChI is InChI=1S/C22H23N3O2/c1-22(2,3)23-21(27)20-18-13-15-9-7-8-12-17(15)24(18)14-19(26)25(20)16-10-5-4-6-11-16/h4-13,20H,14H2,1-3H3,(H,23,27). The van der Waals surface area contributed by atoms with Crippen molar-refractivity contribution < 1.29 is 9.59 Å². The fraction of sp³-hybridized carbons (Fsp3) is 0.273. The minimum absolute atomic E-state index is 0.0934. The number of hydrogen-bond acceptors (Lipinski definition) is 2. The van der Waals surface area contributed by atoms with Gasteiger partial charge in [-0.15, -0.1) is 0 Å². The van der Waals surface area contributed by atoms with Gasteiger partial charge in [-0.3, -0.25) is 14.5 Å². The molecular weight excluding hydrogens is 338 g/mol. The van der Waals surface area contributed by atoms with Gasteiger partial charge in [0.2, 0.25) is 11.8 Å². The van der Waals surface area contributed by atoms with Crippen molar-refractivity contribution in [2.24, 2.45) is 0 Å². The van der Waals surface area contributed by atoms with Crippen molar-refractivity contribution in [3.63, 3.8) is 0 Å². The van der Waals surface area contributed by atoms with E-state index >= 15 is 0 Å². The van der Waals surface area contributed by atoms with Gasteiger partial charge < -0.3 is 9.88 Å². The smallest absolute Gasteiger partial charge is 0.249 e. The minimum Gasteiger partial charge on any atom is -0.349 e. The summed E-state index contributed by atoms with van der Waals surface area (Å²) < 4.78 is 1.96. The molecule has 0 fully saturated rings. The number of carbonyl (C=O) groups is 2. The molecule has 5 nitrogen and oxygen atoms in total. The van der Waals surface area contributed by atoms with Gasteiger partial charge in [0.25, 0.3) is 0 Å². The third-order valence-electron chi connectivity index (χ3n) is 4.72. The maximum absolute atomic E-state index is 13.3. The monoisotopic (exact) mass is 361 g/mol. The number of anilines is 1. The molecule has 0 bridgehead atoms. The maximum Gasteiger partial charge on any atom is 0.249 e. The number of nitrogens with zero attached hydrogens (tertiary/aromatic N) is 2. The quantitative estimate of drug-likeness (QED) is 0.758. The Morgan fingerprint density at radius 1 is 1.04 bits per heavy atom. The van der Waals surface area contributed by atoms with Crippen LogP contribution in [-0.4, -0.2) is 21.9 Å². The molecule has 3 aromatic rings. The van der Waals surface area contributed by atoms with Crippen molar-refractivity contribution in [2.75, 3.05) is 4.90 Å². The Hall–Kier alpha value is -3.08. The molecule has 138 valence electrons. The highest BCUT2D eigenvalue weighted by molar-refractivity contribution is 6.04. The number of nitrogens with one attached hydrogen (secondary N) is 1. The highest BCUT2D eigenvalue weighted by Crippen LogP contribution is 2.35. The van der Waals surface area contributed by atoms with Crippen molar-refractivity contribution in [3.8, 4) is 0 Å². The van der Waals surface area contributed by atoms with Crippen molar-refractivity contribution in [1.29, 1.82) is 0 Å². The zero-order valence-electron chi connectivity index (χ0n) is 15.8. The van der Waals surface area contributed by atoms with Gasteiger partial charge in [-0.05, 0) is 50.4 Å². The van der Waals surface area contributed by atoms with E-state index < -0.39 is 11.6 Å². The van der Waals surface area contributed by atoms with Crippen LogP contribution < -0.4 is 10.2 Å². The molecule has 1 atom stereocenters. The van der Waals surface area contributed by atoms with Crippen LogP contribution in [0, 0.1) is 0 Å². The molecular formula is C22H23N3O2. The van der Waals surface area contributed by atoms with Crippen LogP contribution in [0.3, 0.4) is 0 Å². The second kappa shape index (κ2) is 6.27. The van der Waals surface area contributed by atoms with E-state index in [0.29, 0.717) is 0 Å². The summed E-state index contributed by atoms with van der Waals surface area (Å²) in [4.78, 5) is 28.0. The minimum atomic E-state index is -0.708. The molecule has 0 aliphatic carbocycles. The van der Waals surface area contributed by atoms with Crippen molar-refractivity contribution in [1.82, 2.24) is 9.88 Å². The van der Waals surface area contributed by atoms with Crippen molar-refractivity contribution in [2.45, 2.75) is 38.9 Å². The lowest BCUT2D eigenvalue weighted by atomic mass is 10.0. The summed E-state index contributed by atoms with van der Waals surface area (Å²) in [7, 11) is 0. The fourth-order valence-corrected chi connectivity index (χ4v) is 3.69. The molecule has 27 heavy (non-hydrogen) atoms. The van der Waals surface area contributed by atoms with Crippen LogP contribution in [0.4, 0.5) is 5.69 Å². The Kier molecular flexibility index (Phi) is 4.02. The first-order valence-electron chi connectivity index (χ1n) is 9.12. The molecule has 1 aliphatic rings. The number of hydrogen-bond donors (Lipinski definition) is 1. The Morgan fingerprint density at radius 3 is 2.41 bits per heavy atom. The fourth-order valence-electron chi connectivity index (χ4n) is 3.69. The summed E-state index contributed by atoms with van der Waals surface area (Å²) in [5, 5.41) is 4.08. The van der Waals surface area contributed by atoms with E-state index in [2.05, 4.69) is 5.32 Å². The molecule has 1 aromatic heterocycles. The number of para-hydroxylation sites is 2. The van der Waals surface area contributed by atoms with E-state index in [-0.39, 0.29) is 18.4 Å². The van der Waals surface area contributed by atoms with Gasteiger partial charge in [0.05, 0.1) is 5.69 Å². The second-order valence-corrected chi connectivity index (χ2v) is 7.96. The maximum atomic E-state index is 13.3. The van der Waals surface area contributed by atoms with Crippen molar-refractivity contribution in [3.05, 3.63) is 66.4 Å². The highest BCUT2D eigenvalue weighted by atomic mass is 16.2. The van der Waals surface area contributed by atoms with Gasteiger partial charge in [0.15, 0.2) is 6.04 Å². The molecule has 4 rings (SSSR count). The summed E-state index contributed by atoms with van der Waals surface area (Å²) in [5.41, 5.74) is 2.15. The molecule has 0 spiro atoms. The molecule has 5 heteroatoms. The van der Waals surface area contributed by atoms with Gasteiger partial charge in [-0.1, -0.05) is 36.4 Å². The molecule has 2 aromatic carbocycles. The molecule has 2 amide bonds. The third-order valence-corrected chi connectivity index (χ3v) is 4.72. The number of fused-ring (bicyclic) bond motifs is 3. The van der Waals surface area contributed by atoms with E-state index in [4.69, 9.17) is 0 Å². The van der Waals surface area contributed by atoms with Crippen LogP contribution in [0.15, 0.2) is 60.7 Å². The van der Waals surface area contributed by atoms with Crippen LogP contribution in [0.2, 0.25) is 0 Å². The molecule has 0 saturated carbocycles. The number of amides is 2. The molecule has 1 aliphatic heterocycles. The van der Waals surface area contributed by atoms with Gasteiger partial charge >= 0.3 is 0 Å². The second-order valence-electron chi connectivity index (χ2n) is 7.96. The summed E-state index contributed by atoms with van der Waals surface area (Å²) in [6.45, 7) is 6.05. The SMILES string of the molecule is CC(C)(C)NC(=O)C1c2cc3ccccc3n2CC(=O)N1c1ccccc1. The van der Waals surface area contributed by atoms with E-state index in [1.54, 1.807) is 4.90 Å². The van der Waals surface area contributed by atoms with E-state index in [9.17, 15) is 9.59 Å². The Bertz CT molecular complexity index is 1010. The number of benzene rings is 2. The predicted octanol–water partition coefficient (Wildman–Crippen LogP) is 3.64. The molecule has 1 unspecified atom stereocenters. The Morgan fingerprint density at radius 2 is 1.70 bits per heavy atom. The average molecular weight is 361 g/mol. The van der Waals surface area contributed by atoms with E-state index in [1.165, 1.54) is 0 Å². The number of rotatable bonds is 2. The van der Waals surface area contributed by atoms with Crippen LogP contribution >= 0.6 is 0 Å². The van der Waals surface area contributed by atoms with E-state index in [0.717, 1.165) is 22.3 Å². The topological polar surface area (TPSA) is 54.3 Å². The van der Waals surface area contributed by atoms with Crippen LogP contribution in [0.5, 0.6) is 0 Å². The Labute approximate surface area is 158 Å². The Balaban J connectivity index is 1.90. The first kappa shape index (κ1) is 17.3. The van der Waals surface area contributed by atoms with Crippen LogP contribution in [0.1, 0.15) is 32.5 Å². The lowest BCUT2D eigenvalue weighted by Crippen LogP contribution is -2.52. The highest BCUT2D eigenvalue weighted by Gasteiger charge is 2.40. The van der Waals surface area contributed by atoms with E-state index in [1.807, 2.05) is 86.0 Å². The summed E-state index contributed by atoms with van der Waals surface area (Å²) in [5.74, 6) is -0.271. The lowest BCUT2D eigenvalue weighted by molar-refractivity contribution is -0.129. The largest absolute Gasteiger partial charge is 0.349 e. The summed E-state index contributed by atoms with van der Waals surface area (Å²) in [6, 6.07) is 18.6. The zero-order valence-corrected chi connectivity index (χ0v) is 15.8. The van der Waals surface area contributed by atoms with Crippen LogP contribution in [0.25, 0.3) is 10.9 Å². The zero-order chi connectivity index (χ0) is 19.2. The number of aromatic nitrogens is 1. The van der Waals surface area contributed by atoms with Crippen molar-refractivity contribution >= 4 is 28.4 Å². The molecule has 2 heterocycles. The predicted molar refractivity (Wildman–Crippen MR) is 107 cm³/mol. The normalized spacial score (nSPS) is 17.1. The molecule has 1 N–H and O–H groups in total. The van der Waals surface area contributed by atoms with Crippen LogP contribution in [-0.2, 0) is 16.1 Å². The molecule has 0 saturated heterocycles. The summed E-state index contributed by atoms with van der Waals surface area (Å²) in [6.07, 6.45) is 0. The third kappa shape index (κ3) is 3.10. The summed E-state index contributed by atoms with van der Waals surface area (Å²) >= 11 is 0. The van der Waals surface area contributed by atoms with Gasteiger partial charge in [0.1, 0.15) is 6.54 Å². The first-order chi connectivity index (χ1) is 12.8. The first-order valence-corrected chi connectivity index (χ1v) is 9.12. The lowest BCUT2D eigenvalue weighted by Gasteiger charge is -2.37. The van der Waals surface area contributed by atoms with Gasteiger partial charge in [-0.2, -0.15) is 0 Å². The number of carbonyl (C=O) groups excluding carboxylic acids is 2. The van der Waals surface area contributed by atoms with Gasteiger partial charge in [-0.25, -0.2) is 0 Å². The van der Waals surface area contributed by atoms with Gasteiger partial charge in [0, 0.05) is 16.7 Å².